The third kappa shape index (κ3) is 3.99. The highest BCUT2D eigenvalue weighted by Crippen LogP contribution is 2.25. The minimum atomic E-state index is -0.653. The first-order valence-electron chi connectivity index (χ1n) is 7.56. The molecule has 1 N–H and O–H groups in total. The summed E-state index contributed by atoms with van der Waals surface area (Å²) in [6.45, 7) is 7.20. The highest BCUT2D eigenvalue weighted by molar-refractivity contribution is 5.09. The third-order valence-electron chi connectivity index (χ3n) is 4.45. The lowest BCUT2D eigenvalue weighted by Crippen LogP contribution is -2.35. The van der Waals surface area contributed by atoms with Crippen molar-refractivity contribution in [3.8, 4) is 0 Å². The van der Waals surface area contributed by atoms with E-state index >= 15 is 0 Å². The Morgan fingerprint density at radius 3 is 2.67 bits per heavy atom. The summed E-state index contributed by atoms with van der Waals surface area (Å²) in [6.07, 6.45) is 0.505. The maximum absolute atomic E-state index is 12.9. The van der Waals surface area contributed by atoms with Gasteiger partial charge in [0.25, 0.3) is 0 Å². The summed E-state index contributed by atoms with van der Waals surface area (Å²) in [7, 11) is 4.23. The molecular weight excluding hydrogens is 269 g/mol. The van der Waals surface area contributed by atoms with E-state index in [2.05, 4.69) is 35.8 Å². The van der Waals surface area contributed by atoms with Gasteiger partial charge >= 0.3 is 0 Å². The Kier molecular flexibility index (Phi) is 5.30. The molecule has 4 unspecified atom stereocenters. The standard InChI is InChI=1S/C16H26FN3O/c1-11-8-20(10-15(11)19(3)4)9-12(2)16(21)14-6-5-13(17)7-18-14/h5-7,11-12,15-16,21H,8-10H2,1-4H3. The first-order valence-corrected chi connectivity index (χ1v) is 7.56. The number of aromatic nitrogens is 1. The van der Waals surface area contributed by atoms with Crippen LogP contribution in [-0.2, 0) is 0 Å². The Hall–Kier alpha value is -1.04. The zero-order valence-electron chi connectivity index (χ0n) is 13.3. The zero-order valence-corrected chi connectivity index (χ0v) is 13.3. The molecule has 0 amide bonds. The molecular formula is C16H26FN3O. The second kappa shape index (κ2) is 6.81. The Bertz CT molecular complexity index is 451. The predicted molar refractivity (Wildman–Crippen MR) is 81.4 cm³/mol. The molecule has 1 aliphatic rings. The monoisotopic (exact) mass is 295 g/mol. The van der Waals surface area contributed by atoms with Crippen LogP contribution < -0.4 is 0 Å². The molecule has 0 aliphatic carbocycles. The van der Waals surface area contributed by atoms with Gasteiger partial charge in [0.05, 0.1) is 18.0 Å². The Balaban J connectivity index is 1.92. The number of halogens is 1. The van der Waals surface area contributed by atoms with Crippen LogP contribution in [0.4, 0.5) is 4.39 Å². The lowest BCUT2D eigenvalue weighted by atomic mass is 10.0. The molecule has 0 saturated carbocycles. The quantitative estimate of drug-likeness (QED) is 0.899. The number of aliphatic hydroxyl groups excluding tert-OH is 1. The van der Waals surface area contributed by atoms with E-state index in [-0.39, 0.29) is 11.7 Å². The summed E-state index contributed by atoms with van der Waals surface area (Å²) in [5, 5.41) is 10.4. The van der Waals surface area contributed by atoms with Gasteiger partial charge in [0.2, 0.25) is 0 Å². The lowest BCUT2D eigenvalue weighted by molar-refractivity contribution is 0.0889. The molecule has 5 heteroatoms. The SMILES string of the molecule is CC(CN1CC(C)C(N(C)C)C1)C(O)c1ccc(F)cn1. The zero-order chi connectivity index (χ0) is 15.6. The van der Waals surface area contributed by atoms with Crippen molar-refractivity contribution >= 4 is 0 Å². The molecule has 1 aromatic heterocycles. The molecule has 0 spiro atoms. The van der Waals surface area contributed by atoms with E-state index in [0.717, 1.165) is 25.8 Å². The van der Waals surface area contributed by atoms with Crippen LogP contribution in [0.2, 0.25) is 0 Å². The molecule has 21 heavy (non-hydrogen) atoms. The number of nitrogens with zero attached hydrogens (tertiary/aromatic N) is 3. The van der Waals surface area contributed by atoms with Crippen molar-refractivity contribution < 1.29 is 9.50 Å². The summed E-state index contributed by atoms with van der Waals surface area (Å²) < 4.78 is 12.9. The normalized spacial score (nSPS) is 26.2. The highest BCUT2D eigenvalue weighted by atomic mass is 19.1. The fourth-order valence-corrected chi connectivity index (χ4v) is 3.23. The predicted octanol–water partition coefficient (Wildman–Crippen LogP) is 1.77. The molecule has 1 aromatic rings. The summed E-state index contributed by atoms with van der Waals surface area (Å²) in [5.74, 6) is 0.324. The molecule has 4 atom stereocenters. The van der Waals surface area contributed by atoms with Crippen LogP contribution in [-0.4, -0.2) is 59.7 Å². The second-order valence-corrected chi connectivity index (χ2v) is 6.55. The summed E-state index contributed by atoms with van der Waals surface area (Å²) in [6, 6.07) is 3.47. The number of pyridine rings is 1. The summed E-state index contributed by atoms with van der Waals surface area (Å²) >= 11 is 0. The van der Waals surface area contributed by atoms with Gasteiger partial charge < -0.3 is 14.9 Å². The van der Waals surface area contributed by atoms with Gasteiger partial charge in [0.1, 0.15) is 5.82 Å². The third-order valence-corrected chi connectivity index (χ3v) is 4.45. The molecule has 0 bridgehead atoms. The molecule has 1 aliphatic heterocycles. The van der Waals surface area contributed by atoms with Crippen LogP contribution in [0.5, 0.6) is 0 Å². The Morgan fingerprint density at radius 2 is 2.14 bits per heavy atom. The van der Waals surface area contributed by atoms with E-state index in [1.54, 1.807) is 6.07 Å². The number of likely N-dealkylation sites (tertiary alicyclic amines) is 1. The van der Waals surface area contributed by atoms with Crippen LogP contribution in [0.1, 0.15) is 25.6 Å². The van der Waals surface area contributed by atoms with Gasteiger partial charge in [-0.05, 0) is 32.1 Å². The van der Waals surface area contributed by atoms with Gasteiger partial charge in [-0.25, -0.2) is 4.39 Å². The van der Waals surface area contributed by atoms with E-state index < -0.39 is 6.10 Å². The molecule has 2 rings (SSSR count). The fourth-order valence-electron chi connectivity index (χ4n) is 3.23. The molecule has 0 aromatic carbocycles. The van der Waals surface area contributed by atoms with Crippen molar-refractivity contribution in [3.05, 3.63) is 29.8 Å². The van der Waals surface area contributed by atoms with E-state index in [1.165, 1.54) is 6.07 Å². The van der Waals surface area contributed by atoms with Gasteiger partial charge in [-0.3, -0.25) is 4.98 Å². The van der Waals surface area contributed by atoms with E-state index in [4.69, 9.17) is 0 Å². The minimum absolute atomic E-state index is 0.0658. The average Bonchev–Trinajstić information content (AvgIpc) is 2.79. The maximum Gasteiger partial charge on any atom is 0.141 e. The van der Waals surface area contributed by atoms with Gasteiger partial charge in [0.15, 0.2) is 0 Å². The Morgan fingerprint density at radius 1 is 1.43 bits per heavy atom. The summed E-state index contributed by atoms with van der Waals surface area (Å²) in [5.41, 5.74) is 0.542. The maximum atomic E-state index is 12.9. The lowest BCUT2D eigenvalue weighted by Gasteiger charge is -2.25. The van der Waals surface area contributed by atoms with Crippen LogP contribution in [0.25, 0.3) is 0 Å². The second-order valence-electron chi connectivity index (χ2n) is 6.55. The number of aliphatic hydroxyl groups is 1. The van der Waals surface area contributed by atoms with E-state index in [1.807, 2.05) is 6.92 Å². The van der Waals surface area contributed by atoms with Crippen LogP contribution in [0, 0.1) is 17.7 Å². The molecule has 0 radical (unpaired) electrons. The molecule has 1 saturated heterocycles. The van der Waals surface area contributed by atoms with Crippen molar-refractivity contribution in [1.29, 1.82) is 0 Å². The van der Waals surface area contributed by atoms with Crippen molar-refractivity contribution in [3.63, 3.8) is 0 Å². The van der Waals surface area contributed by atoms with Crippen LogP contribution in [0.3, 0.4) is 0 Å². The van der Waals surface area contributed by atoms with Crippen LogP contribution in [0.15, 0.2) is 18.3 Å². The molecule has 1 fully saturated rings. The summed E-state index contributed by atoms with van der Waals surface area (Å²) in [4.78, 5) is 8.65. The number of hydrogen-bond acceptors (Lipinski definition) is 4. The number of likely N-dealkylation sites (N-methyl/N-ethyl adjacent to an activating group) is 1. The average molecular weight is 295 g/mol. The fraction of sp³-hybridized carbons (Fsp3) is 0.688. The number of hydrogen-bond donors (Lipinski definition) is 1. The highest BCUT2D eigenvalue weighted by Gasteiger charge is 2.32. The van der Waals surface area contributed by atoms with Gasteiger partial charge in [-0.15, -0.1) is 0 Å². The smallest absolute Gasteiger partial charge is 0.141 e. The molecule has 4 nitrogen and oxygen atoms in total. The van der Waals surface area contributed by atoms with Crippen molar-refractivity contribution in [2.75, 3.05) is 33.7 Å². The van der Waals surface area contributed by atoms with Gasteiger partial charge in [-0.2, -0.15) is 0 Å². The van der Waals surface area contributed by atoms with E-state index in [0.29, 0.717) is 17.7 Å². The van der Waals surface area contributed by atoms with Crippen molar-refractivity contribution in [2.45, 2.75) is 26.0 Å². The van der Waals surface area contributed by atoms with Gasteiger partial charge in [-0.1, -0.05) is 13.8 Å². The van der Waals surface area contributed by atoms with Crippen LogP contribution >= 0.6 is 0 Å². The molecule has 118 valence electrons. The first kappa shape index (κ1) is 16.3. The topological polar surface area (TPSA) is 39.6 Å². The van der Waals surface area contributed by atoms with E-state index in [9.17, 15) is 9.50 Å². The molecule has 2 heterocycles. The first-order chi connectivity index (χ1) is 9.88. The van der Waals surface area contributed by atoms with Crippen molar-refractivity contribution in [1.82, 2.24) is 14.8 Å². The Labute approximate surface area is 126 Å². The number of rotatable bonds is 5. The minimum Gasteiger partial charge on any atom is -0.386 e. The van der Waals surface area contributed by atoms with Gasteiger partial charge in [0, 0.05) is 31.6 Å². The largest absolute Gasteiger partial charge is 0.386 e. The van der Waals surface area contributed by atoms with Crippen molar-refractivity contribution in [2.24, 2.45) is 11.8 Å².